The van der Waals surface area contributed by atoms with Crippen LogP contribution in [0.25, 0.3) is 0 Å². The highest BCUT2D eigenvalue weighted by Gasteiger charge is 1.77. The van der Waals surface area contributed by atoms with Crippen molar-refractivity contribution in [1.82, 2.24) is 0 Å². The fourth-order valence-electron chi connectivity index (χ4n) is 0.359. The van der Waals surface area contributed by atoms with Crippen molar-refractivity contribution in [2.75, 3.05) is 7.11 Å². The van der Waals surface area contributed by atoms with Crippen LogP contribution in [-0.2, 0) is 4.74 Å². The molecular weight excluding hydrogens is 114 g/mol. The monoisotopic (exact) mass is 127 g/mol. The zero-order chi connectivity index (χ0) is 7.11. The molecule has 0 aliphatic heterocycles. The minimum Gasteiger partial charge on any atom is -0.504 e. The average Bonchev–Trinajstić information content (AvgIpc) is 1.89. The molecule has 0 unspecified atom stereocenters. The lowest BCUT2D eigenvalue weighted by molar-refractivity contribution is 0.338. The molecule has 0 saturated carbocycles. The second-order valence-electron chi connectivity index (χ2n) is 1.66. The summed E-state index contributed by atoms with van der Waals surface area (Å²) in [4.78, 5) is 0. The van der Waals surface area contributed by atoms with Gasteiger partial charge in [-0.2, -0.15) is 0 Å². The molecule has 0 amide bonds. The van der Waals surface area contributed by atoms with Gasteiger partial charge in [0.2, 0.25) is 0 Å². The van der Waals surface area contributed by atoms with Gasteiger partial charge in [0, 0.05) is 5.70 Å². The normalized spacial score (nSPS) is 12.4. The van der Waals surface area contributed by atoms with Crippen LogP contribution in [0.1, 0.15) is 13.3 Å². The highest BCUT2D eigenvalue weighted by molar-refractivity contribution is 5.07. The van der Waals surface area contributed by atoms with Gasteiger partial charge in [-0.05, 0) is 18.6 Å². The van der Waals surface area contributed by atoms with Crippen molar-refractivity contribution < 1.29 is 4.74 Å². The van der Waals surface area contributed by atoms with Crippen LogP contribution in [0.4, 0.5) is 0 Å². The third-order valence-corrected chi connectivity index (χ3v) is 0.933. The Balaban J connectivity index is 3.55. The van der Waals surface area contributed by atoms with E-state index in [4.69, 9.17) is 5.73 Å². The molecular formula is C7H13NO. The van der Waals surface area contributed by atoms with Crippen LogP contribution in [0, 0.1) is 0 Å². The maximum absolute atomic E-state index is 5.47. The minimum absolute atomic E-state index is 0.864. The van der Waals surface area contributed by atoms with Crippen molar-refractivity contribution in [3.63, 3.8) is 0 Å². The molecule has 0 saturated heterocycles. The highest BCUT2D eigenvalue weighted by atomic mass is 16.5. The smallest absolute Gasteiger partial charge is 0.0825 e. The van der Waals surface area contributed by atoms with Crippen molar-refractivity contribution in [3.8, 4) is 0 Å². The maximum Gasteiger partial charge on any atom is 0.0825 e. The first kappa shape index (κ1) is 8.08. The average molecular weight is 127 g/mol. The van der Waals surface area contributed by atoms with Crippen molar-refractivity contribution in [1.29, 1.82) is 0 Å². The van der Waals surface area contributed by atoms with E-state index in [9.17, 15) is 0 Å². The van der Waals surface area contributed by atoms with Gasteiger partial charge in [0.1, 0.15) is 0 Å². The first-order chi connectivity index (χ1) is 4.31. The van der Waals surface area contributed by atoms with E-state index in [2.05, 4.69) is 4.74 Å². The Morgan fingerprint density at radius 1 is 1.67 bits per heavy atom. The van der Waals surface area contributed by atoms with Gasteiger partial charge in [0.05, 0.1) is 13.4 Å². The molecule has 0 aromatic carbocycles. The molecule has 0 radical (unpaired) electrons. The number of nitrogens with two attached hydrogens (primary N) is 1. The van der Waals surface area contributed by atoms with E-state index >= 15 is 0 Å². The van der Waals surface area contributed by atoms with Gasteiger partial charge in [-0.3, -0.25) is 0 Å². The summed E-state index contributed by atoms with van der Waals surface area (Å²) < 4.78 is 4.66. The number of hydrogen-bond acceptors (Lipinski definition) is 2. The van der Waals surface area contributed by atoms with E-state index in [1.54, 1.807) is 19.4 Å². The fraction of sp³-hybridized carbons (Fsp3) is 0.429. The standard InChI is InChI=1S/C7H13NO/c1-3-7(8)5-4-6-9-2/h4-6H,3,8H2,1-2H3/b6-4-,7-5+. The van der Waals surface area contributed by atoms with Gasteiger partial charge in [-0.25, -0.2) is 0 Å². The Labute approximate surface area is 56.0 Å². The molecule has 0 atom stereocenters. The summed E-state index contributed by atoms with van der Waals surface area (Å²) in [5.41, 5.74) is 6.33. The van der Waals surface area contributed by atoms with Crippen LogP contribution in [0.3, 0.4) is 0 Å². The molecule has 0 spiro atoms. The van der Waals surface area contributed by atoms with Crippen molar-refractivity contribution >= 4 is 0 Å². The van der Waals surface area contributed by atoms with Crippen molar-refractivity contribution in [2.45, 2.75) is 13.3 Å². The number of ether oxygens (including phenoxy) is 1. The first-order valence-corrected chi connectivity index (χ1v) is 2.95. The lowest BCUT2D eigenvalue weighted by Gasteiger charge is -1.89. The van der Waals surface area contributed by atoms with Gasteiger partial charge in [0.15, 0.2) is 0 Å². The number of hydrogen-bond donors (Lipinski definition) is 1. The van der Waals surface area contributed by atoms with Crippen LogP contribution in [0.15, 0.2) is 24.1 Å². The molecule has 0 aromatic heterocycles. The summed E-state index contributed by atoms with van der Waals surface area (Å²) in [6.07, 6.45) is 6.07. The SMILES string of the molecule is CC/C(N)=C\C=C/OC. The molecule has 2 nitrogen and oxygen atoms in total. The molecule has 0 aliphatic carbocycles. The summed E-state index contributed by atoms with van der Waals surface area (Å²) in [6, 6.07) is 0. The summed E-state index contributed by atoms with van der Waals surface area (Å²) in [6.45, 7) is 2.01. The molecule has 2 heteroatoms. The second-order valence-corrected chi connectivity index (χ2v) is 1.66. The quantitative estimate of drug-likeness (QED) is 0.459. The second kappa shape index (κ2) is 5.22. The molecule has 9 heavy (non-hydrogen) atoms. The molecule has 0 rings (SSSR count). The number of allylic oxidation sites excluding steroid dienone is 3. The third-order valence-electron chi connectivity index (χ3n) is 0.933. The first-order valence-electron chi connectivity index (χ1n) is 2.95. The van der Waals surface area contributed by atoms with Crippen molar-refractivity contribution in [3.05, 3.63) is 24.1 Å². The predicted octanol–water partition coefficient (Wildman–Crippen LogP) is 1.40. The third kappa shape index (κ3) is 4.94. The largest absolute Gasteiger partial charge is 0.504 e. The topological polar surface area (TPSA) is 35.2 Å². The Bertz CT molecular complexity index is 116. The fourth-order valence-corrected chi connectivity index (χ4v) is 0.359. The van der Waals surface area contributed by atoms with Gasteiger partial charge < -0.3 is 10.5 Å². The number of rotatable bonds is 3. The van der Waals surface area contributed by atoms with E-state index in [1.165, 1.54) is 0 Å². The summed E-state index contributed by atoms with van der Waals surface area (Å²) in [5.74, 6) is 0. The lowest BCUT2D eigenvalue weighted by atomic mass is 10.3. The zero-order valence-corrected chi connectivity index (χ0v) is 5.92. The highest BCUT2D eigenvalue weighted by Crippen LogP contribution is 1.89. The molecule has 0 heterocycles. The van der Waals surface area contributed by atoms with Gasteiger partial charge in [-0.15, -0.1) is 0 Å². The van der Waals surface area contributed by atoms with Gasteiger partial charge in [-0.1, -0.05) is 6.92 Å². The molecule has 2 N–H and O–H groups in total. The van der Waals surface area contributed by atoms with E-state index in [-0.39, 0.29) is 0 Å². The van der Waals surface area contributed by atoms with Gasteiger partial charge in [0.25, 0.3) is 0 Å². The van der Waals surface area contributed by atoms with Crippen molar-refractivity contribution in [2.24, 2.45) is 5.73 Å². The predicted molar refractivity (Wildman–Crippen MR) is 38.7 cm³/mol. The summed E-state index contributed by atoms with van der Waals surface area (Å²) in [7, 11) is 1.60. The van der Waals surface area contributed by atoms with Crippen LogP contribution in [-0.4, -0.2) is 7.11 Å². The van der Waals surface area contributed by atoms with Crippen LogP contribution in [0.5, 0.6) is 0 Å². The van der Waals surface area contributed by atoms with Gasteiger partial charge >= 0.3 is 0 Å². The zero-order valence-electron chi connectivity index (χ0n) is 5.92. The van der Waals surface area contributed by atoms with E-state index < -0.39 is 0 Å². The van der Waals surface area contributed by atoms with Crippen LogP contribution >= 0.6 is 0 Å². The molecule has 0 aromatic rings. The van der Waals surface area contributed by atoms with E-state index in [0.717, 1.165) is 12.1 Å². The molecule has 52 valence electrons. The maximum atomic E-state index is 5.47. The van der Waals surface area contributed by atoms with E-state index in [0.29, 0.717) is 0 Å². The molecule has 0 bridgehead atoms. The summed E-state index contributed by atoms with van der Waals surface area (Å²) >= 11 is 0. The Morgan fingerprint density at radius 3 is 2.78 bits per heavy atom. The van der Waals surface area contributed by atoms with E-state index in [1.807, 2.05) is 13.0 Å². The lowest BCUT2D eigenvalue weighted by Crippen LogP contribution is -1.92. The Hall–Kier alpha value is -0.920. The molecule has 0 fully saturated rings. The summed E-state index contributed by atoms with van der Waals surface area (Å²) in [5, 5.41) is 0. The minimum atomic E-state index is 0.864. The Morgan fingerprint density at radius 2 is 2.33 bits per heavy atom. The number of methoxy groups -OCH3 is 1. The Kier molecular flexibility index (Phi) is 4.69. The van der Waals surface area contributed by atoms with Crippen LogP contribution in [0.2, 0.25) is 0 Å². The van der Waals surface area contributed by atoms with Crippen LogP contribution < -0.4 is 5.73 Å². The molecule has 0 aliphatic rings.